The SMILES string of the molecule is CCOC(C)CN1CNC(C(C)CC)C1=O. The molecule has 0 aromatic rings. The monoisotopic (exact) mass is 228 g/mol. The first kappa shape index (κ1) is 13.5. The molecule has 16 heavy (non-hydrogen) atoms. The topological polar surface area (TPSA) is 41.6 Å². The number of carbonyl (C=O) groups is 1. The highest BCUT2D eigenvalue weighted by Crippen LogP contribution is 2.15. The summed E-state index contributed by atoms with van der Waals surface area (Å²) in [6, 6.07) is -0.00109. The maximum absolute atomic E-state index is 12.1. The summed E-state index contributed by atoms with van der Waals surface area (Å²) in [5.74, 6) is 0.626. The first-order chi connectivity index (χ1) is 7.60. The van der Waals surface area contributed by atoms with Crippen molar-refractivity contribution in [3.8, 4) is 0 Å². The average Bonchev–Trinajstić information content (AvgIpc) is 2.60. The molecule has 3 unspecified atom stereocenters. The van der Waals surface area contributed by atoms with Crippen molar-refractivity contribution in [1.29, 1.82) is 0 Å². The van der Waals surface area contributed by atoms with Gasteiger partial charge in [-0.3, -0.25) is 10.1 Å². The molecule has 1 saturated heterocycles. The first-order valence-electron chi connectivity index (χ1n) is 6.23. The summed E-state index contributed by atoms with van der Waals surface area (Å²) in [6.45, 7) is 10.3. The number of rotatable bonds is 6. The molecular weight excluding hydrogens is 204 g/mol. The lowest BCUT2D eigenvalue weighted by atomic mass is 9.99. The van der Waals surface area contributed by atoms with Crippen LogP contribution in [0.2, 0.25) is 0 Å². The minimum absolute atomic E-state index is 0.00109. The van der Waals surface area contributed by atoms with Crippen LogP contribution in [0.15, 0.2) is 0 Å². The van der Waals surface area contributed by atoms with E-state index < -0.39 is 0 Å². The van der Waals surface area contributed by atoms with Crippen LogP contribution < -0.4 is 5.32 Å². The predicted octanol–water partition coefficient (Wildman–Crippen LogP) is 1.22. The van der Waals surface area contributed by atoms with Gasteiger partial charge in [0.05, 0.1) is 18.8 Å². The molecule has 0 saturated carbocycles. The van der Waals surface area contributed by atoms with Gasteiger partial charge in [0.1, 0.15) is 0 Å². The van der Waals surface area contributed by atoms with E-state index in [-0.39, 0.29) is 18.1 Å². The number of amides is 1. The molecular formula is C12H24N2O2. The first-order valence-corrected chi connectivity index (χ1v) is 6.23. The number of ether oxygens (including phenoxy) is 1. The Morgan fingerprint density at radius 2 is 2.19 bits per heavy atom. The predicted molar refractivity (Wildman–Crippen MR) is 64.0 cm³/mol. The fraction of sp³-hybridized carbons (Fsp3) is 0.917. The maximum atomic E-state index is 12.1. The van der Waals surface area contributed by atoms with Crippen molar-refractivity contribution in [3.05, 3.63) is 0 Å². The Morgan fingerprint density at radius 1 is 1.50 bits per heavy atom. The highest BCUT2D eigenvalue weighted by molar-refractivity contribution is 5.84. The standard InChI is InChI=1S/C12H24N2O2/c1-5-9(3)11-12(15)14(8-13-11)7-10(4)16-6-2/h9-11,13H,5-8H2,1-4H3. The van der Waals surface area contributed by atoms with Crippen molar-refractivity contribution >= 4 is 5.91 Å². The van der Waals surface area contributed by atoms with Crippen LogP contribution >= 0.6 is 0 Å². The molecule has 4 nitrogen and oxygen atoms in total. The third-order valence-corrected chi connectivity index (χ3v) is 3.22. The van der Waals surface area contributed by atoms with Crippen molar-refractivity contribution in [2.24, 2.45) is 5.92 Å². The molecule has 1 heterocycles. The van der Waals surface area contributed by atoms with Gasteiger partial charge in [-0.2, -0.15) is 0 Å². The fourth-order valence-electron chi connectivity index (χ4n) is 2.05. The third kappa shape index (κ3) is 3.19. The number of hydrogen-bond donors (Lipinski definition) is 1. The minimum atomic E-state index is -0.00109. The van der Waals surface area contributed by atoms with E-state index in [4.69, 9.17) is 4.74 Å². The summed E-state index contributed by atoms with van der Waals surface area (Å²) >= 11 is 0. The van der Waals surface area contributed by atoms with Gasteiger partial charge < -0.3 is 9.64 Å². The number of hydrogen-bond acceptors (Lipinski definition) is 3. The summed E-state index contributed by atoms with van der Waals surface area (Å²) in [5.41, 5.74) is 0. The maximum Gasteiger partial charge on any atom is 0.241 e. The van der Waals surface area contributed by atoms with E-state index >= 15 is 0 Å². The van der Waals surface area contributed by atoms with Crippen molar-refractivity contribution in [2.75, 3.05) is 19.8 Å². The molecule has 1 amide bonds. The molecule has 0 radical (unpaired) electrons. The molecule has 1 aliphatic heterocycles. The summed E-state index contributed by atoms with van der Waals surface area (Å²) in [4.78, 5) is 13.9. The van der Waals surface area contributed by atoms with Gasteiger partial charge in [0, 0.05) is 13.2 Å². The van der Waals surface area contributed by atoms with E-state index in [0.717, 1.165) is 6.42 Å². The van der Waals surface area contributed by atoms with E-state index in [1.165, 1.54) is 0 Å². The molecule has 3 atom stereocenters. The fourth-order valence-corrected chi connectivity index (χ4v) is 2.05. The summed E-state index contributed by atoms with van der Waals surface area (Å²) in [7, 11) is 0. The van der Waals surface area contributed by atoms with Crippen LogP contribution in [0.1, 0.15) is 34.1 Å². The zero-order valence-corrected chi connectivity index (χ0v) is 10.8. The molecule has 0 bridgehead atoms. The van der Waals surface area contributed by atoms with Crippen LogP contribution in [0.4, 0.5) is 0 Å². The molecule has 1 aliphatic rings. The molecule has 94 valence electrons. The van der Waals surface area contributed by atoms with E-state index in [0.29, 0.717) is 25.7 Å². The van der Waals surface area contributed by atoms with Gasteiger partial charge in [0.25, 0.3) is 0 Å². The molecule has 1 fully saturated rings. The highest BCUT2D eigenvalue weighted by Gasteiger charge is 2.34. The van der Waals surface area contributed by atoms with Crippen molar-refractivity contribution in [3.63, 3.8) is 0 Å². The number of nitrogens with one attached hydrogen (secondary N) is 1. The lowest BCUT2D eigenvalue weighted by Gasteiger charge is -2.21. The average molecular weight is 228 g/mol. The second kappa shape index (κ2) is 6.21. The summed E-state index contributed by atoms with van der Waals surface area (Å²) in [5, 5.41) is 3.28. The van der Waals surface area contributed by atoms with Gasteiger partial charge in [-0.15, -0.1) is 0 Å². The number of nitrogens with zero attached hydrogens (tertiary/aromatic N) is 1. The van der Waals surface area contributed by atoms with Gasteiger partial charge >= 0.3 is 0 Å². The Bertz CT molecular complexity index is 233. The summed E-state index contributed by atoms with van der Waals surface area (Å²) in [6.07, 6.45) is 1.14. The minimum Gasteiger partial charge on any atom is -0.377 e. The second-order valence-electron chi connectivity index (χ2n) is 4.55. The summed E-state index contributed by atoms with van der Waals surface area (Å²) < 4.78 is 5.45. The van der Waals surface area contributed by atoms with Gasteiger partial charge in [-0.25, -0.2) is 0 Å². The van der Waals surface area contributed by atoms with Crippen molar-refractivity contribution in [2.45, 2.75) is 46.3 Å². The van der Waals surface area contributed by atoms with Gasteiger partial charge in [-0.1, -0.05) is 20.3 Å². The Balaban J connectivity index is 2.44. The Labute approximate surface area is 98.3 Å². The Morgan fingerprint density at radius 3 is 2.75 bits per heavy atom. The van der Waals surface area contributed by atoms with E-state index in [1.54, 1.807) is 0 Å². The van der Waals surface area contributed by atoms with Crippen LogP contribution in [0.5, 0.6) is 0 Å². The highest BCUT2D eigenvalue weighted by atomic mass is 16.5. The van der Waals surface area contributed by atoms with Gasteiger partial charge in [0.15, 0.2) is 0 Å². The third-order valence-electron chi connectivity index (χ3n) is 3.22. The van der Waals surface area contributed by atoms with Crippen LogP contribution in [0.3, 0.4) is 0 Å². The second-order valence-corrected chi connectivity index (χ2v) is 4.55. The van der Waals surface area contributed by atoms with Crippen LogP contribution in [-0.4, -0.2) is 42.8 Å². The molecule has 0 aromatic heterocycles. The van der Waals surface area contributed by atoms with Crippen molar-refractivity contribution < 1.29 is 9.53 Å². The van der Waals surface area contributed by atoms with E-state index in [1.807, 2.05) is 18.7 Å². The number of carbonyl (C=O) groups excluding carboxylic acids is 1. The van der Waals surface area contributed by atoms with Gasteiger partial charge in [-0.05, 0) is 19.8 Å². The van der Waals surface area contributed by atoms with Gasteiger partial charge in [0.2, 0.25) is 5.91 Å². The molecule has 0 aromatic carbocycles. The van der Waals surface area contributed by atoms with Crippen LogP contribution in [0, 0.1) is 5.92 Å². The lowest BCUT2D eigenvalue weighted by molar-refractivity contribution is -0.131. The Hall–Kier alpha value is -0.610. The lowest BCUT2D eigenvalue weighted by Crippen LogP contribution is -2.38. The van der Waals surface area contributed by atoms with Crippen LogP contribution in [-0.2, 0) is 9.53 Å². The molecule has 4 heteroatoms. The van der Waals surface area contributed by atoms with Crippen molar-refractivity contribution in [1.82, 2.24) is 10.2 Å². The van der Waals surface area contributed by atoms with Crippen LogP contribution in [0.25, 0.3) is 0 Å². The molecule has 1 N–H and O–H groups in total. The zero-order valence-electron chi connectivity index (χ0n) is 10.8. The van der Waals surface area contributed by atoms with E-state index in [2.05, 4.69) is 19.2 Å². The zero-order chi connectivity index (χ0) is 12.1. The quantitative estimate of drug-likeness (QED) is 0.743. The smallest absolute Gasteiger partial charge is 0.241 e. The molecule has 0 aliphatic carbocycles. The van der Waals surface area contributed by atoms with E-state index in [9.17, 15) is 4.79 Å². The Kier molecular flexibility index (Phi) is 5.22. The molecule has 1 rings (SSSR count). The normalized spacial score (nSPS) is 24.9. The largest absolute Gasteiger partial charge is 0.377 e. The molecule has 0 spiro atoms.